The van der Waals surface area contributed by atoms with Gasteiger partial charge in [0.15, 0.2) is 0 Å². The molecule has 1 atom stereocenters. The van der Waals surface area contributed by atoms with E-state index < -0.39 is 12.1 Å². The molecule has 0 heterocycles. The highest BCUT2D eigenvalue weighted by atomic mass is 16.3. The first kappa shape index (κ1) is 15.9. The molecule has 0 radical (unpaired) electrons. The summed E-state index contributed by atoms with van der Waals surface area (Å²) in [5, 5.41) is 17.4. The van der Waals surface area contributed by atoms with Crippen molar-refractivity contribution in [3.63, 3.8) is 0 Å². The largest absolute Gasteiger partial charge is 0.393 e. The Hall–Kier alpha value is -1.14. The second-order valence-corrected chi connectivity index (χ2v) is 5.15. The third kappa shape index (κ3) is 6.02. The zero-order valence-corrected chi connectivity index (χ0v) is 11.7. The first-order valence-corrected chi connectivity index (χ1v) is 7.03. The van der Waals surface area contributed by atoms with Crippen LogP contribution in [-0.4, -0.2) is 42.3 Å². The first-order valence-electron chi connectivity index (χ1n) is 7.03. The van der Waals surface area contributed by atoms with E-state index in [2.05, 4.69) is 16.0 Å². The summed E-state index contributed by atoms with van der Waals surface area (Å²) in [4.78, 5) is 22.9. The third-order valence-electron chi connectivity index (χ3n) is 3.50. The number of hydrogen-bond acceptors (Lipinski definition) is 4. The lowest BCUT2D eigenvalue weighted by molar-refractivity contribution is -0.121. The van der Waals surface area contributed by atoms with E-state index in [-0.39, 0.29) is 12.0 Å². The predicted octanol–water partition coefficient (Wildman–Crippen LogP) is 0.361. The summed E-state index contributed by atoms with van der Waals surface area (Å²) in [7, 11) is 0. The van der Waals surface area contributed by atoms with Gasteiger partial charge < -0.3 is 15.7 Å². The minimum atomic E-state index is -0.457. The van der Waals surface area contributed by atoms with Crippen LogP contribution in [0.1, 0.15) is 39.5 Å². The van der Waals surface area contributed by atoms with Crippen LogP contribution in [0.4, 0.5) is 4.79 Å². The number of aliphatic hydroxyl groups excluding tert-OH is 1. The molecule has 0 aromatic heterocycles. The summed E-state index contributed by atoms with van der Waals surface area (Å²) < 4.78 is 0. The monoisotopic (exact) mass is 271 g/mol. The maximum absolute atomic E-state index is 11.7. The van der Waals surface area contributed by atoms with Gasteiger partial charge in [-0.3, -0.25) is 10.1 Å². The Kier molecular flexibility index (Phi) is 6.80. The number of carbonyl (C=O) groups is 2. The molecule has 0 aromatic rings. The van der Waals surface area contributed by atoms with Crippen LogP contribution in [0.5, 0.6) is 0 Å². The summed E-state index contributed by atoms with van der Waals surface area (Å²) in [6.07, 6.45) is 3.49. The quantitative estimate of drug-likeness (QED) is 0.581. The van der Waals surface area contributed by atoms with Gasteiger partial charge in [0.25, 0.3) is 0 Å². The van der Waals surface area contributed by atoms with E-state index in [4.69, 9.17) is 0 Å². The maximum atomic E-state index is 11.7. The molecule has 0 bridgehead atoms. The molecule has 110 valence electrons. The third-order valence-corrected chi connectivity index (χ3v) is 3.50. The fourth-order valence-electron chi connectivity index (χ4n) is 2.21. The molecule has 1 aliphatic carbocycles. The van der Waals surface area contributed by atoms with Gasteiger partial charge in [0.1, 0.15) is 0 Å². The topological polar surface area (TPSA) is 90.5 Å². The molecule has 1 rings (SSSR count). The molecule has 1 unspecified atom stereocenters. The standard InChI is InChI=1S/C13H25N3O3/c1-3-14-13(19)16-12(18)9(2)15-8-10-4-6-11(17)7-5-10/h9-11,15,17H,3-8H2,1-2H3,(H2,14,16,18,19). The molecule has 4 N–H and O–H groups in total. The van der Waals surface area contributed by atoms with Gasteiger partial charge in [0.2, 0.25) is 5.91 Å². The van der Waals surface area contributed by atoms with Crippen LogP contribution in [0.15, 0.2) is 0 Å². The average Bonchev–Trinajstić information content (AvgIpc) is 2.37. The Balaban J connectivity index is 2.21. The number of rotatable bonds is 5. The fraction of sp³-hybridized carbons (Fsp3) is 0.846. The highest BCUT2D eigenvalue weighted by Crippen LogP contribution is 2.23. The van der Waals surface area contributed by atoms with Crippen molar-refractivity contribution in [1.29, 1.82) is 0 Å². The van der Waals surface area contributed by atoms with Gasteiger partial charge in [-0.25, -0.2) is 4.79 Å². The van der Waals surface area contributed by atoms with Crippen LogP contribution in [0.3, 0.4) is 0 Å². The molecule has 0 aromatic carbocycles. The van der Waals surface area contributed by atoms with Gasteiger partial charge in [0.05, 0.1) is 12.1 Å². The Morgan fingerprint density at radius 3 is 2.47 bits per heavy atom. The van der Waals surface area contributed by atoms with Crippen LogP contribution in [0, 0.1) is 5.92 Å². The van der Waals surface area contributed by atoms with Crippen LogP contribution in [0.2, 0.25) is 0 Å². The lowest BCUT2D eigenvalue weighted by Crippen LogP contribution is -2.49. The minimum Gasteiger partial charge on any atom is -0.393 e. The molecular weight excluding hydrogens is 246 g/mol. The predicted molar refractivity (Wildman–Crippen MR) is 72.6 cm³/mol. The molecular formula is C13H25N3O3. The molecule has 3 amide bonds. The highest BCUT2D eigenvalue weighted by molar-refractivity contribution is 5.96. The zero-order chi connectivity index (χ0) is 14.3. The Morgan fingerprint density at radius 1 is 1.26 bits per heavy atom. The minimum absolute atomic E-state index is 0.158. The molecule has 0 spiro atoms. The van der Waals surface area contributed by atoms with Crippen LogP contribution in [0.25, 0.3) is 0 Å². The molecule has 1 aliphatic rings. The lowest BCUT2D eigenvalue weighted by Gasteiger charge is -2.26. The molecule has 1 saturated carbocycles. The van der Waals surface area contributed by atoms with Crippen molar-refractivity contribution < 1.29 is 14.7 Å². The first-order chi connectivity index (χ1) is 9.02. The van der Waals surface area contributed by atoms with Crippen molar-refractivity contribution in [2.75, 3.05) is 13.1 Å². The van der Waals surface area contributed by atoms with Crippen molar-refractivity contribution in [3.8, 4) is 0 Å². The number of nitrogens with one attached hydrogen (secondary N) is 3. The van der Waals surface area contributed by atoms with Gasteiger partial charge >= 0.3 is 6.03 Å². The van der Waals surface area contributed by atoms with E-state index in [9.17, 15) is 14.7 Å². The van der Waals surface area contributed by atoms with E-state index >= 15 is 0 Å². The summed E-state index contributed by atoms with van der Waals surface area (Å²) >= 11 is 0. The van der Waals surface area contributed by atoms with Crippen LogP contribution in [-0.2, 0) is 4.79 Å². The number of carbonyl (C=O) groups excluding carboxylic acids is 2. The molecule has 19 heavy (non-hydrogen) atoms. The van der Waals surface area contributed by atoms with E-state index in [1.54, 1.807) is 13.8 Å². The Labute approximate surface area is 114 Å². The summed E-state index contributed by atoms with van der Waals surface area (Å²) in [5.74, 6) is 0.185. The van der Waals surface area contributed by atoms with Gasteiger partial charge in [-0.1, -0.05) is 0 Å². The molecule has 0 saturated heterocycles. The molecule has 6 heteroatoms. The molecule has 6 nitrogen and oxygen atoms in total. The highest BCUT2D eigenvalue weighted by Gasteiger charge is 2.21. The number of aliphatic hydroxyl groups is 1. The second kappa shape index (κ2) is 8.12. The van der Waals surface area contributed by atoms with Crippen LogP contribution < -0.4 is 16.0 Å². The number of imide groups is 1. The van der Waals surface area contributed by atoms with Crippen molar-refractivity contribution in [1.82, 2.24) is 16.0 Å². The van der Waals surface area contributed by atoms with E-state index in [1.165, 1.54) is 0 Å². The lowest BCUT2D eigenvalue weighted by atomic mass is 9.87. The van der Waals surface area contributed by atoms with E-state index in [0.29, 0.717) is 12.5 Å². The fourth-order valence-corrected chi connectivity index (χ4v) is 2.21. The Morgan fingerprint density at radius 2 is 1.89 bits per heavy atom. The smallest absolute Gasteiger partial charge is 0.321 e. The Bertz CT molecular complexity index is 302. The summed E-state index contributed by atoms with van der Waals surface area (Å²) in [6, 6.07) is -0.851. The van der Waals surface area contributed by atoms with Gasteiger partial charge in [0, 0.05) is 6.54 Å². The summed E-state index contributed by atoms with van der Waals surface area (Å²) in [5.41, 5.74) is 0. The van der Waals surface area contributed by atoms with Gasteiger partial charge in [-0.15, -0.1) is 0 Å². The van der Waals surface area contributed by atoms with Crippen molar-refractivity contribution in [3.05, 3.63) is 0 Å². The normalized spacial score (nSPS) is 24.6. The number of urea groups is 1. The van der Waals surface area contributed by atoms with Gasteiger partial charge in [-0.05, 0) is 52.0 Å². The van der Waals surface area contributed by atoms with E-state index in [0.717, 1.165) is 32.2 Å². The number of amides is 3. The second-order valence-electron chi connectivity index (χ2n) is 5.15. The van der Waals surface area contributed by atoms with Crippen molar-refractivity contribution in [2.45, 2.75) is 51.7 Å². The van der Waals surface area contributed by atoms with Crippen molar-refractivity contribution in [2.24, 2.45) is 5.92 Å². The number of hydrogen-bond donors (Lipinski definition) is 4. The van der Waals surface area contributed by atoms with Crippen molar-refractivity contribution >= 4 is 11.9 Å². The molecule has 0 aliphatic heterocycles. The molecule has 1 fully saturated rings. The average molecular weight is 271 g/mol. The van der Waals surface area contributed by atoms with Crippen LogP contribution >= 0.6 is 0 Å². The summed E-state index contributed by atoms with van der Waals surface area (Å²) in [6.45, 7) is 4.78. The van der Waals surface area contributed by atoms with Gasteiger partial charge in [-0.2, -0.15) is 0 Å². The van der Waals surface area contributed by atoms with E-state index in [1.807, 2.05) is 0 Å². The zero-order valence-electron chi connectivity index (χ0n) is 11.7. The SMILES string of the molecule is CCNC(=O)NC(=O)C(C)NCC1CCC(O)CC1. The maximum Gasteiger partial charge on any atom is 0.321 e.